The van der Waals surface area contributed by atoms with Crippen molar-refractivity contribution in [2.45, 2.75) is 26.8 Å². The normalized spacial score (nSPS) is 12.2. The Labute approximate surface area is 166 Å². The molecule has 0 radical (unpaired) electrons. The summed E-state index contributed by atoms with van der Waals surface area (Å²) in [4.78, 5) is 12.9. The number of benzene rings is 2. The Balaban J connectivity index is 2.46. The number of carbonyl (C=O) groups is 1. The van der Waals surface area contributed by atoms with E-state index in [9.17, 15) is 13.2 Å². The Morgan fingerprint density at radius 2 is 1.75 bits per heavy atom. The molecule has 152 valence electrons. The molecule has 0 saturated heterocycles. The predicted molar refractivity (Wildman–Crippen MR) is 111 cm³/mol. The fourth-order valence-corrected chi connectivity index (χ4v) is 4.03. The maximum Gasteiger partial charge on any atom is 0.248 e. The number of amides is 1. The second-order valence-electron chi connectivity index (χ2n) is 6.58. The van der Waals surface area contributed by atoms with Crippen molar-refractivity contribution in [1.82, 2.24) is 0 Å². The summed E-state index contributed by atoms with van der Waals surface area (Å²) in [5, 5.41) is 2.82. The molecule has 0 fully saturated rings. The van der Waals surface area contributed by atoms with E-state index in [4.69, 9.17) is 9.47 Å². The lowest BCUT2D eigenvalue weighted by Crippen LogP contribution is -2.45. The quantitative estimate of drug-likeness (QED) is 0.764. The van der Waals surface area contributed by atoms with Crippen LogP contribution in [0.2, 0.25) is 0 Å². The summed E-state index contributed by atoms with van der Waals surface area (Å²) in [5.74, 6) is 0.313. The van der Waals surface area contributed by atoms with E-state index in [1.807, 2.05) is 32.0 Å². The maximum absolute atomic E-state index is 12.9. The maximum atomic E-state index is 12.9. The number of methoxy groups -OCH3 is 2. The lowest BCUT2D eigenvalue weighted by molar-refractivity contribution is -0.116. The van der Waals surface area contributed by atoms with Gasteiger partial charge in [0.25, 0.3) is 0 Å². The zero-order valence-corrected chi connectivity index (χ0v) is 17.8. The SMILES string of the molecule is COc1ccc(OC)c(N([C@@H](C)C(=O)Nc2cc(C)ccc2C)S(C)(=O)=O)c1. The first kappa shape index (κ1) is 21.6. The summed E-state index contributed by atoms with van der Waals surface area (Å²) in [7, 11) is -0.877. The van der Waals surface area contributed by atoms with Crippen LogP contribution in [0.15, 0.2) is 36.4 Å². The molecule has 2 rings (SSSR count). The van der Waals surface area contributed by atoms with E-state index in [-0.39, 0.29) is 5.69 Å². The third-order valence-electron chi connectivity index (χ3n) is 4.36. The van der Waals surface area contributed by atoms with Gasteiger partial charge >= 0.3 is 0 Å². The van der Waals surface area contributed by atoms with Crippen molar-refractivity contribution in [3.63, 3.8) is 0 Å². The van der Waals surface area contributed by atoms with Crippen LogP contribution < -0.4 is 19.1 Å². The molecule has 7 nitrogen and oxygen atoms in total. The summed E-state index contributed by atoms with van der Waals surface area (Å²) in [5.41, 5.74) is 2.75. The van der Waals surface area contributed by atoms with Crippen molar-refractivity contribution in [3.05, 3.63) is 47.5 Å². The molecule has 0 aliphatic carbocycles. The highest BCUT2D eigenvalue weighted by atomic mass is 32.2. The van der Waals surface area contributed by atoms with Crippen molar-refractivity contribution in [2.75, 3.05) is 30.1 Å². The summed E-state index contributed by atoms with van der Waals surface area (Å²) >= 11 is 0. The smallest absolute Gasteiger partial charge is 0.248 e. The van der Waals surface area contributed by atoms with Crippen LogP contribution in [0.5, 0.6) is 11.5 Å². The van der Waals surface area contributed by atoms with E-state index in [0.717, 1.165) is 21.7 Å². The number of rotatable bonds is 7. The highest BCUT2D eigenvalue weighted by Crippen LogP contribution is 2.35. The molecule has 0 heterocycles. The minimum Gasteiger partial charge on any atom is -0.497 e. The van der Waals surface area contributed by atoms with Crippen molar-refractivity contribution in [2.24, 2.45) is 0 Å². The van der Waals surface area contributed by atoms with Gasteiger partial charge in [-0.05, 0) is 50.1 Å². The number of hydrogen-bond donors (Lipinski definition) is 1. The van der Waals surface area contributed by atoms with Crippen molar-refractivity contribution in [3.8, 4) is 11.5 Å². The Hall–Kier alpha value is -2.74. The zero-order valence-electron chi connectivity index (χ0n) is 16.9. The monoisotopic (exact) mass is 406 g/mol. The number of anilines is 2. The first-order valence-electron chi connectivity index (χ1n) is 8.68. The Bertz CT molecular complexity index is 973. The van der Waals surface area contributed by atoms with Crippen LogP contribution in [0.3, 0.4) is 0 Å². The summed E-state index contributed by atoms with van der Waals surface area (Å²) in [6, 6.07) is 9.45. The highest BCUT2D eigenvalue weighted by molar-refractivity contribution is 7.92. The van der Waals surface area contributed by atoms with Gasteiger partial charge in [0, 0.05) is 11.8 Å². The first-order chi connectivity index (χ1) is 13.1. The third-order valence-corrected chi connectivity index (χ3v) is 5.59. The molecular formula is C20H26N2O5S. The molecule has 0 aliphatic heterocycles. The topological polar surface area (TPSA) is 84.9 Å². The van der Waals surface area contributed by atoms with Gasteiger partial charge in [-0.3, -0.25) is 9.10 Å². The van der Waals surface area contributed by atoms with Crippen LogP contribution in [-0.4, -0.2) is 40.8 Å². The molecule has 8 heteroatoms. The summed E-state index contributed by atoms with van der Waals surface area (Å²) < 4.78 is 36.7. The molecule has 1 amide bonds. The van der Waals surface area contributed by atoms with Crippen LogP contribution >= 0.6 is 0 Å². The van der Waals surface area contributed by atoms with Gasteiger partial charge in [0.1, 0.15) is 17.5 Å². The Kier molecular flexibility index (Phi) is 6.56. The number of hydrogen-bond acceptors (Lipinski definition) is 5. The van der Waals surface area contributed by atoms with Crippen LogP contribution in [0.1, 0.15) is 18.1 Å². The van der Waals surface area contributed by atoms with Crippen molar-refractivity contribution < 1.29 is 22.7 Å². The molecule has 2 aromatic carbocycles. The van der Waals surface area contributed by atoms with Crippen LogP contribution in [-0.2, 0) is 14.8 Å². The van der Waals surface area contributed by atoms with E-state index in [1.54, 1.807) is 12.1 Å². The molecule has 0 bridgehead atoms. The second-order valence-corrected chi connectivity index (χ2v) is 8.44. The van der Waals surface area contributed by atoms with Gasteiger partial charge in [-0.1, -0.05) is 12.1 Å². The van der Waals surface area contributed by atoms with Gasteiger partial charge in [0.15, 0.2) is 0 Å². The number of nitrogens with zero attached hydrogens (tertiary/aromatic N) is 1. The molecule has 28 heavy (non-hydrogen) atoms. The molecule has 1 atom stereocenters. The highest BCUT2D eigenvalue weighted by Gasteiger charge is 2.32. The zero-order chi connectivity index (χ0) is 21.1. The van der Waals surface area contributed by atoms with Gasteiger partial charge in [0.05, 0.1) is 26.2 Å². The van der Waals surface area contributed by atoms with Crippen molar-refractivity contribution >= 4 is 27.3 Å². The number of nitrogens with one attached hydrogen (secondary N) is 1. The van der Waals surface area contributed by atoms with Crippen LogP contribution in [0, 0.1) is 13.8 Å². The third kappa shape index (κ3) is 4.75. The average molecular weight is 407 g/mol. The van der Waals surface area contributed by atoms with Gasteiger partial charge in [-0.2, -0.15) is 0 Å². The van der Waals surface area contributed by atoms with Gasteiger partial charge in [-0.15, -0.1) is 0 Å². The molecule has 0 aromatic heterocycles. The van der Waals surface area contributed by atoms with E-state index < -0.39 is 22.0 Å². The Morgan fingerprint density at radius 1 is 1.07 bits per heavy atom. The number of carbonyl (C=O) groups excluding carboxylic acids is 1. The number of aryl methyl sites for hydroxylation is 2. The van der Waals surface area contributed by atoms with Gasteiger partial charge in [-0.25, -0.2) is 8.42 Å². The fraction of sp³-hybridized carbons (Fsp3) is 0.350. The molecule has 1 N–H and O–H groups in total. The standard InChI is InChI=1S/C20H26N2O5S/c1-13-7-8-14(2)17(11-13)21-20(23)15(3)22(28(6,24)25)18-12-16(26-4)9-10-19(18)27-5/h7-12,15H,1-6H3,(H,21,23)/t15-/m0/s1. The van der Waals surface area contributed by atoms with Gasteiger partial charge in [0.2, 0.25) is 15.9 Å². The minimum atomic E-state index is -3.79. The average Bonchev–Trinajstić information content (AvgIpc) is 2.63. The summed E-state index contributed by atoms with van der Waals surface area (Å²) in [6.45, 7) is 5.32. The fourth-order valence-electron chi connectivity index (χ4n) is 2.86. The van der Waals surface area contributed by atoms with E-state index in [0.29, 0.717) is 17.2 Å². The molecular weight excluding hydrogens is 380 g/mol. The molecule has 0 aliphatic rings. The number of sulfonamides is 1. The Morgan fingerprint density at radius 3 is 2.32 bits per heavy atom. The minimum absolute atomic E-state index is 0.230. The molecule has 0 unspecified atom stereocenters. The van der Waals surface area contributed by atoms with Crippen LogP contribution in [0.25, 0.3) is 0 Å². The molecule has 0 spiro atoms. The predicted octanol–water partition coefficient (Wildman–Crippen LogP) is 3.11. The van der Waals surface area contributed by atoms with Crippen LogP contribution in [0.4, 0.5) is 11.4 Å². The summed E-state index contributed by atoms with van der Waals surface area (Å²) in [6.07, 6.45) is 1.05. The lowest BCUT2D eigenvalue weighted by Gasteiger charge is -2.29. The van der Waals surface area contributed by atoms with E-state index >= 15 is 0 Å². The van der Waals surface area contributed by atoms with Crippen molar-refractivity contribution in [1.29, 1.82) is 0 Å². The number of ether oxygens (including phenoxy) is 2. The molecule has 2 aromatic rings. The first-order valence-corrected chi connectivity index (χ1v) is 10.5. The van der Waals surface area contributed by atoms with Gasteiger partial charge < -0.3 is 14.8 Å². The largest absolute Gasteiger partial charge is 0.497 e. The lowest BCUT2D eigenvalue weighted by atomic mass is 10.1. The molecule has 0 saturated carbocycles. The second kappa shape index (κ2) is 8.52. The van der Waals surface area contributed by atoms with E-state index in [1.165, 1.54) is 27.2 Å². The van der Waals surface area contributed by atoms with E-state index in [2.05, 4.69) is 5.32 Å².